The molecule has 0 bridgehead atoms. The smallest absolute Gasteiger partial charge is 0.105 e. The third kappa shape index (κ3) is 2.13. The second kappa shape index (κ2) is 4.04. The molecule has 1 atom stereocenters. The van der Waals surface area contributed by atoms with Gasteiger partial charge in [-0.05, 0) is 42.5 Å². The summed E-state index contributed by atoms with van der Waals surface area (Å²) in [6.07, 6.45) is 5.60. The summed E-state index contributed by atoms with van der Waals surface area (Å²) in [6.45, 7) is 0. The highest BCUT2D eigenvalue weighted by Gasteiger charge is 2.31. The number of benzene rings is 1. The zero-order valence-corrected chi connectivity index (χ0v) is 9.86. The van der Waals surface area contributed by atoms with Crippen LogP contribution in [-0.4, -0.2) is 5.54 Å². The van der Waals surface area contributed by atoms with Crippen LogP contribution in [0.15, 0.2) is 47.1 Å². The summed E-state index contributed by atoms with van der Waals surface area (Å²) in [4.78, 5) is 0. The molecule has 3 rings (SSSR count). The molecule has 1 aromatic carbocycles. The van der Waals surface area contributed by atoms with Crippen molar-refractivity contribution >= 4 is 0 Å². The van der Waals surface area contributed by atoms with E-state index < -0.39 is 0 Å². The minimum atomic E-state index is -0.147. The zero-order valence-electron chi connectivity index (χ0n) is 9.86. The molecule has 0 saturated heterocycles. The van der Waals surface area contributed by atoms with E-state index in [0.29, 0.717) is 0 Å². The van der Waals surface area contributed by atoms with E-state index in [0.717, 1.165) is 31.4 Å². The fraction of sp³-hybridized carbons (Fsp3) is 0.333. The first-order valence-corrected chi connectivity index (χ1v) is 6.13. The van der Waals surface area contributed by atoms with E-state index in [1.165, 1.54) is 11.1 Å². The van der Waals surface area contributed by atoms with Crippen molar-refractivity contribution in [2.24, 2.45) is 5.73 Å². The van der Waals surface area contributed by atoms with Gasteiger partial charge in [0.1, 0.15) is 5.76 Å². The lowest BCUT2D eigenvalue weighted by molar-refractivity contribution is 0.339. The van der Waals surface area contributed by atoms with Gasteiger partial charge in [0.25, 0.3) is 0 Å². The molecule has 1 aromatic heterocycles. The van der Waals surface area contributed by atoms with Crippen molar-refractivity contribution in [1.82, 2.24) is 0 Å². The van der Waals surface area contributed by atoms with Crippen molar-refractivity contribution in [3.63, 3.8) is 0 Å². The molecule has 1 aliphatic rings. The number of fused-ring (bicyclic) bond motifs is 1. The molecule has 1 unspecified atom stereocenters. The summed E-state index contributed by atoms with van der Waals surface area (Å²) >= 11 is 0. The number of rotatable bonds is 2. The topological polar surface area (TPSA) is 39.2 Å². The van der Waals surface area contributed by atoms with Crippen LogP contribution in [0.1, 0.15) is 23.3 Å². The Bertz CT molecular complexity index is 503. The molecule has 0 spiro atoms. The third-order valence-electron chi connectivity index (χ3n) is 3.66. The minimum absolute atomic E-state index is 0.147. The molecular weight excluding hydrogens is 210 g/mol. The van der Waals surface area contributed by atoms with Gasteiger partial charge >= 0.3 is 0 Å². The predicted molar refractivity (Wildman–Crippen MR) is 67.8 cm³/mol. The number of hydrogen-bond acceptors (Lipinski definition) is 2. The Hall–Kier alpha value is -1.54. The molecule has 88 valence electrons. The second-order valence-electron chi connectivity index (χ2n) is 5.06. The number of aryl methyl sites for hydroxylation is 1. The standard InChI is InChI=1S/C15H17NO/c16-15(11-14-6-3-9-17-14)8-7-12-4-1-2-5-13(12)10-15/h1-6,9H,7-8,10-11,16H2. The van der Waals surface area contributed by atoms with Crippen molar-refractivity contribution < 1.29 is 4.42 Å². The second-order valence-corrected chi connectivity index (χ2v) is 5.06. The zero-order chi connectivity index (χ0) is 11.7. The molecule has 0 radical (unpaired) electrons. The molecule has 0 saturated carbocycles. The average Bonchev–Trinajstić information content (AvgIpc) is 2.81. The van der Waals surface area contributed by atoms with E-state index in [1.54, 1.807) is 6.26 Å². The van der Waals surface area contributed by atoms with Crippen molar-refractivity contribution in [1.29, 1.82) is 0 Å². The van der Waals surface area contributed by atoms with E-state index in [9.17, 15) is 0 Å². The summed E-state index contributed by atoms with van der Waals surface area (Å²) in [5.74, 6) is 0.992. The van der Waals surface area contributed by atoms with Crippen LogP contribution < -0.4 is 5.73 Å². The molecule has 0 aliphatic heterocycles. The lowest BCUT2D eigenvalue weighted by atomic mass is 9.76. The van der Waals surface area contributed by atoms with E-state index in [-0.39, 0.29) is 5.54 Å². The number of nitrogens with two attached hydrogens (primary N) is 1. The largest absolute Gasteiger partial charge is 0.469 e. The summed E-state index contributed by atoms with van der Waals surface area (Å²) < 4.78 is 5.41. The van der Waals surface area contributed by atoms with Crippen LogP contribution in [0, 0.1) is 0 Å². The first-order valence-electron chi connectivity index (χ1n) is 6.13. The monoisotopic (exact) mass is 227 g/mol. The molecule has 2 heteroatoms. The molecule has 1 aliphatic carbocycles. The highest BCUT2D eigenvalue weighted by atomic mass is 16.3. The highest BCUT2D eigenvalue weighted by molar-refractivity contribution is 5.32. The Kier molecular flexibility index (Phi) is 2.52. The minimum Gasteiger partial charge on any atom is -0.469 e. The fourth-order valence-electron chi connectivity index (χ4n) is 2.74. The third-order valence-corrected chi connectivity index (χ3v) is 3.66. The van der Waals surface area contributed by atoms with Gasteiger partial charge in [0.05, 0.1) is 6.26 Å². The van der Waals surface area contributed by atoms with Crippen molar-refractivity contribution in [2.75, 3.05) is 0 Å². The highest BCUT2D eigenvalue weighted by Crippen LogP contribution is 2.29. The molecule has 0 amide bonds. The van der Waals surface area contributed by atoms with Crippen LogP contribution >= 0.6 is 0 Å². The molecule has 2 nitrogen and oxygen atoms in total. The number of hydrogen-bond donors (Lipinski definition) is 1. The quantitative estimate of drug-likeness (QED) is 0.856. The Labute approximate surface area is 101 Å². The Morgan fingerprint density at radius 3 is 2.71 bits per heavy atom. The number of furan rings is 1. The SMILES string of the molecule is NC1(Cc2ccco2)CCc2ccccc2C1. The maximum Gasteiger partial charge on any atom is 0.105 e. The van der Waals surface area contributed by atoms with Crippen molar-refractivity contribution in [3.8, 4) is 0 Å². The van der Waals surface area contributed by atoms with Crippen LogP contribution in [-0.2, 0) is 19.3 Å². The lowest BCUT2D eigenvalue weighted by Gasteiger charge is -2.34. The fourth-order valence-corrected chi connectivity index (χ4v) is 2.74. The predicted octanol–water partition coefficient (Wildman–Crippen LogP) is 2.71. The van der Waals surface area contributed by atoms with Crippen LogP contribution in [0.25, 0.3) is 0 Å². The van der Waals surface area contributed by atoms with E-state index >= 15 is 0 Å². The Morgan fingerprint density at radius 2 is 1.94 bits per heavy atom. The van der Waals surface area contributed by atoms with Gasteiger partial charge in [-0.15, -0.1) is 0 Å². The Morgan fingerprint density at radius 1 is 1.12 bits per heavy atom. The van der Waals surface area contributed by atoms with Crippen LogP contribution in [0.4, 0.5) is 0 Å². The van der Waals surface area contributed by atoms with Crippen molar-refractivity contribution in [2.45, 2.75) is 31.2 Å². The first kappa shape index (κ1) is 10.6. The van der Waals surface area contributed by atoms with Gasteiger partial charge in [0.15, 0.2) is 0 Å². The molecule has 2 N–H and O–H groups in total. The summed E-state index contributed by atoms with van der Waals surface area (Å²) in [5.41, 5.74) is 9.21. The van der Waals surface area contributed by atoms with Gasteiger partial charge < -0.3 is 10.2 Å². The van der Waals surface area contributed by atoms with E-state index in [4.69, 9.17) is 10.2 Å². The van der Waals surface area contributed by atoms with E-state index in [1.807, 2.05) is 12.1 Å². The van der Waals surface area contributed by atoms with Gasteiger partial charge in [0, 0.05) is 12.0 Å². The van der Waals surface area contributed by atoms with Crippen molar-refractivity contribution in [3.05, 3.63) is 59.5 Å². The molecule has 17 heavy (non-hydrogen) atoms. The van der Waals surface area contributed by atoms with Crippen LogP contribution in [0.3, 0.4) is 0 Å². The summed E-state index contributed by atoms with van der Waals surface area (Å²) in [7, 11) is 0. The maximum absolute atomic E-state index is 6.51. The van der Waals surface area contributed by atoms with Gasteiger partial charge in [-0.2, -0.15) is 0 Å². The summed E-state index contributed by atoms with van der Waals surface area (Å²) in [6, 6.07) is 12.5. The van der Waals surface area contributed by atoms with Crippen LogP contribution in [0.2, 0.25) is 0 Å². The van der Waals surface area contributed by atoms with Gasteiger partial charge in [0.2, 0.25) is 0 Å². The molecule has 0 fully saturated rings. The first-order chi connectivity index (χ1) is 8.25. The van der Waals surface area contributed by atoms with Crippen LogP contribution in [0.5, 0.6) is 0 Å². The van der Waals surface area contributed by atoms with Gasteiger partial charge in [-0.25, -0.2) is 0 Å². The lowest BCUT2D eigenvalue weighted by Crippen LogP contribution is -2.47. The maximum atomic E-state index is 6.51. The van der Waals surface area contributed by atoms with Gasteiger partial charge in [-0.1, -0.05) is 24.3 Å². The molecule has 1 heterocycles. The Balaban J connectivity index is 1.82. The molecular formula is C15H17NO. The normalized spacial score (nSPS) is 23.4. The molecule has 2 aromatic rings. The average molecular weight is 227 g/mol. The summed E-state index contributed by atoms with van der Waals surface area (Å²) in [5, 5.41) is 0. The van der Waals surface area contributed by atoms with E-state index in [2.05, 4.69) is 24.3 Å². The van der Waals surface area contributed by atoms with Gasteiger partial charge in [-0.3, -0.25) is 0 Å².